The highest BCUT2D eigenvalue weighted by molar-refractivity contribution is 6.30. The molecule has 5 heteroatoms. The largest absolute Gasteiger partial charge is 0.497 e. The summed E-state index contributed by atoms with van der Waals surface area (Å²) in [5.74, 6) is 0.776. The number of rotatable bonds is 7. The average molecular weight is 457 g/mol. The lowest BCUT2D eigenvalue weighted by Crippen LogP contribution is -2.38. The molecule has 2 amide bonds. The number of nitrogens with one attached hydrogen (secondary N) is 1. The fourth-order valence-corrected chi connectivity index (χ4v) is 3.89. The van der Waals surface area contributed by atoms with Gasteiger partial charge in [0.05, 0.1) is 13.2 Å². The van der Waals surface area contributed by atoms with Gasteiger partial charge in [-0.25, -0.2) is 4.79 Å². The van der Waals surface area contributed by atoms with E-state index in [0.29, 0.717) is 17.3 Å². The molecule has 0 aliphatic carbocycles. The molecular weight excluding hydrogens is 432 g/mol. The number of nitrogens with zero attached hydrogens (tertiary/aromatic N) is 1. The van der Waals surface area contributed by atoms with E-state index in [0.717, 1.165) is 22.4 Å². The van der Waals surface area contributed by atoms with E-state index in [1.165, 1.54) is 0 Å². The number of carbonyl (C=O) groups is 1. The predicted molar refractivity (Wildman–Crippen MR) is 134 cm³/mol. The molecule has 4 aromatic carbocycles. The zero-order valence-electron chi connectivity index (χ0n) is 18.3. The molecule has 0 heterocycles. The highest BCUT2D eigenvalue weighted by Gasteiger charge is 2.27. The zero-order valence-corrected chi connectivity index (χ0v) is 19.1. The van der Waals surface area contributed by atoms with Gasteiger partial charge in [-0.3, -0.25) is 0 Å². The van der Waals surface area contributed by atoms with Gasteiger partial charge in [-0.2, -0.15) is 0 Å². The van der Waals surface area contributed by atoms with Gasteiger partial charge in [0.25, 0.3) is 0 Å². The Kier molecular flexibility index (Phi) is 7.28. The quantitative estimate of drug-likeness (QED) is 0.320. The van der Waals surface area contributed by atoms with Crippen molar-refractivity contribution in [1.82, 2.24) is 4.90 Å². The Morgan fingerprint density at radius 1 is 0.818 bits per heavy atom. The number of carbonyl (C=O) groups excluding carboxylic acids is 1. The molecule has 0 aromatic heterocycles. The molecule has 0 spiro atoms. The van der Waals surface area contributed by atoms with E-state index in [9.17, 15) is 4.79 Å². The Bertz CT molecular complexity index is 1120. The summed E-state index contributed by atoms with van der Waals surface area (Å²) in [6, 6.07) is 34.5. The molecule has 0 saturated heterocycles. The van der Waals surface area contributed by atoms with Gasteiger partial charge in [0.2, 0.25) is 0 Å². The third-order valence-electron chi connectivity index (χ3n) is 5.41. The first kappa shape index (κ1) is 22.4. The lowest BCUT2D eigenvalue weighted by atomic mass is 9.96. The third kappa shape index (κ3) is 5.73. The number of methoxy groups -OCH3 is 1. The van der Waals surface area contributed by atoms with Crippen LogP contribution in [0.25, 0.3) is 0 Å². The fraction of sp³-hybridized carbons (Fsp3) is 0.107. The smallest absolute Gasteiger partial charge is 0.322 e. The van der Waals surface area contributed by atoms with E-state index in [-0.39, 0.29) is 12.1 Å². The Labute approximate surface area is 199 Å². The molecule has 166 valence electrons. The molecule has 33 heavy (non-hydrogen) atoms. The van der Waals surface area contributed by atoms with Gasteiger partial charge in [-0.15, -0.1) is 0 Å². The van der Waals surface area contributed by atoms with Crippen molar-refractivity contribution in [2.24, 2.45) is 0 Å². The minimum Gasteiger partial charge on any atom is -0.497 e. The van der Waals surface area contributed by atoms with Crippen LogP contribution in [0.4, 0.5) is 10.5 Å². The van der Waals surface area contributed by atoms with Crippen molar-refractivity contribution in [1.29, 1.82) is 0 Å². The van der Waals surface area contributed by atoms with Crippen LogP contribution < -0.4 is 10.1 Å². The van der Waals surface area contributed by atoms with Crippen LogP contribution in [0.15, 0.2) is 109 Å². The molecule has 0 radical (unpaired) electrons. The molecule has 4 nitrogen and oxygen atoms in total. The maximum Gasteiger partial charge on any atom is 0.322 e. The summed E-state index contributed by atoms with van der Waals surface area (Å²) in [6.07, 6.45) is 0. The molecular formula is C28H25ClN2O2. The summed E-state index contributed by atoms with van der Waals surface area (Å²) in [7, 11) is 1.64. The normalized spacial score (nSPS) is 10.6. The zero-order chi connectivity index (χ0) is 23.0. The highest BCUT2D eigenvalue weighted by Crippen LogP contribution is 2.31. The first-order valence-corrected chi connectivity index (χ1v) is 11.1. The number of benzene rings is 4. The van der Waals surface area contributed by atoms with E-state index < -0.39 is 0 Å². The van der Waals surface area contributed by atoms with E-state index in [1.54, 1.807) is 31.4 Å². The standard InChI is InChI=1S/C28H25ClN2O2/c1-33-26-18-12-21(13-19-26)20-31(28(32)30-25-16-14-24(29)15-17-25)27(22-8-4-2-5-9-22)23-10-6-3-7-11-23/h2-19,27H,20H2,1H3,(H,30,32). The van der Waals surface area contributed by atoms with Crippen molar-refractivity contribution < 1.29 is 9.53 Å². The van der Waals surface area contributed by atoms with Crippen LogP contribution in [-0.2, 0) is 6.54 Å². The van der Waals surface area contributed by atoms with Crippen LogP contribution in [0, 0.1) is 0 Å². The molecule has 0 unspecified atom stereocenters. The van der Waals surface area contributed by atoms with E-state index in [2.05, 4.69) is 5.32 Å². The van der Waals surface area contributed by atoms with Crippen LogP contribution >= 0.6 is 11.6 Å². The maximum atomic E-state index is 13.7. The Morgan fingerprint density at radius 3 is 1.88 bits per heavy atom. The average Bonchev–Trinajstić information content (AvgIpc) is 2.87. The van der Waals surface area contributed by atoms with Gasteiger partial charge in [0.15, 0.2) is 0 Å². The van der Waals surface area contributed by atoms with E-state index in [4.69, 9.17) is 16.3 Å². The summed E-state index contributed by atoms with van der Waals surface area (Å²) in [5, 5.41) is 3.66. The van der Waals surface area contributed by atoms with Gasteiger partial charge in [0, 0.05) is 17.3 Å². The molecule has 1 N–H and O–H groups in total. The van der Waals surface area contributed by atoms with Crippen LogP contribution in [-0.4, -0.2) is 18.0 Å². The number of anilines is 1. The van der Waals surface area contributed by atoms with E-state index >= 15 is 0 Å². The second kappa shape index (κ2) is 10.7. The van der Waals surface area contributed by atoms with Crippen LogP contribution in [0.5, 0.6) is 5.75 Å². The fourth-order valence-electron chi connectivity index (χ4n) is 3.76. The summed E-state index contributed by atoms with van der Waals surface area (Å²) in [4.78, 5) is 15.5. The molecule has 4 rings (SSSR count). The molecule has 0 bridgehead atoms. The minimum absolute atomic E-state index is 0.203. The van der Waals surface area contributed by atoms with Crippen molar-refractivity contribution in [3.05, 3.63) is 131 Å². The van der Waals surface area contributed by atoms with Crippen molar-refractivity contribution in [2.45, 2.75) is 12.6 Å². The van der Waals surface area contributed by atoms with Crippen molar-refractivity contribution in [3.63, 3.8) is 0 Å². The molecule has 0 aliphatic heterocycles. The van der Waals surface area contributed by atoms with Gasteiger partial charge < -0.3 is 15.0 Å². The maximum absolute atomic E-state index is 13.7. The molecule has 0 fully saturated rings. The van der Waals surface area contributed by atoms with Crippen LogP contribution in [0.1, 0.15) is 22.7 Å². The molecule has 4 aromatic rings. The number of ether oxygens (including phenoxy) is 1. The predicted octanol–water partition coefficient (Wildman–Crippen LogP) is 7.17. The summed E-state index contributed by atoms with van der Waals surface area (Å²) < 4.78 is 5.29. The van der Waals surface area contributed by atoms with Crippen LogP contribution in [0.2, 0.25) is 5.02 Å². The molecule has 0 saturated carbocycles. The minimum atomic E-state index is -0.276. The summed E-state index contributed by atoms with van der Waals surface area (Å²) in [6.45, 7) is 0.415. The van der Waals surface area contributed by atoms with Crippen molar-refractivity contribution in [2.75, 3.05) is 12.4 Å². The monoisotopic (exact) mass is 456 g/mol. The first-order chi connectivity index (χ1) is 16.1. The van der Waals surface area contributed by atoms with E-state index in [1.807, 2.05) is 89.8 Å². The SMILES string of the molecule is COc1ccc(CN(C(=O)Nc2ccc(Cl)cc2)C(c2ccccc2)c2ccccc2)cc1. The Hall–Kier alpha value is -3.76. The van der Waals surface area contributed by atoms with Crippen molar-refractivity contribution >= 4 is 23.3 Å². The number of hydrogen-bond acceptors (Lipinski definition) is 2. The highest BCUT2D eigenvalue weighted by atomic mass is 35.5. The van der Waals surface area contributed by atoms with Gasteiger partial charge in [-0.1, -0.05) is 84.4 Å². The lowest BCUT2D eigenvalue weighted by Gasteiger charge is -2.33. The second-order valence-corrected chi connectivity index (χ2v) is 8.07. The Balaban J connectivity index is 1.74. The summed E-state index contributed by atoms with van der Waals surface area (Å²) in [5.41, 5.74) is 3.75. The first-order valence-electron chi connectivity index (χ1n) is 10.7. The number of amides is 2. The molecule has 0 atom stereocenters. The third-order valence-corrected chi connectivity index (χ3v) is 5.66. The second-order valence-electron chi connectivity index (χ2n) is 7.64. The topological polar surface area (TPSA) is 41.6 Å². The lowest BCUT2D eigenvalue weighted by molar-refractivity contribution is 0.194. The van der Waals surface area contributed by atoms with Crippen LogP contribution in [0.3, 0.4) is 0 Å². The molecule has 0 aliphatic rings. The van der Waals surface area contributed by atoms with Gasteiger partial charge in [-0.05, 0) is 53.1 Å². The number of hydrogen-bond donors (Lipinski definition) is 1. The Morgan fingerprint density at radius 2 is 1.36 bits per heavy atom. The summed E-state index contributed by atoms with van der Waals surface area (Å²) >= 11 is 6.02. The van der Waals surface area contributed by atoms with Gasteiger partial charge >= 0.3 is 6.03 Å². The number of halogens is 1. The number of urea groups is 1. The van der Waals surface area contributed by atoms with Gasteiger partial charge in [0.1, 0.15) is 5.75 Å². The van der Waals surface area contributed by atoms with Crippen molar-refractivity contribution in [3.8, 4) is 5.75 Å².